The molecular formula is C22H23N3O3S. The molecule has 0 spiro atoms. The smallest absolute Gasteiger partial charge is 0.262 e. The molecule has 0 bridgehead atoms. The summed E-state index contributed by atoms with van der Waals surface area (Å²) in [7, 11) is 0. The lowest BCUT2D eigenvalue weighted by Crippen LogP contribution is -2.31. The number of aromatic amines is 1. The van der Waals surface area contributed by atoms with E-state index in [9.17, 15) is 9.59 Å². The van der Waals surface area contributed by atoms with Gasteiger partial charge in [-0.1, -0.05) is 30.3 Å². The molecule has 2 aromatic carbocycles. The van der Waals surface area contributed by atoms with Crippen molar-refractivity contribution in [2.24, 2.45) is 0 Å². The molecule has 3 aromatic rings. The van der Waals surface area contributed by atoms with Crippen molar-refractivity contribution in [1.82, 2.24) is 14.9 Å². The van der Waals surface area contributed by atoms with Crippen LogP contribution in [-0.4, -0.2) is 34.7 Å². The van der Waals surface area contributed by atoms with Gasteiger partial charge in [0.2, 0.25) is 0 Å². The van der Waals surface area contributed by atoms with Gasteiger partial charge in [0.15, 0.2) is 4.77 Å². The highest BCUT2D eigenvalue weighted by Gasteiger charge is 2.17. The summed E-state index contributed by atoms with van der Waals surface area (Å²) in [6.45, 7) is 1.75. The number of benzene rings is 2. The van der Waals surface area contributed by atoms with E-state index in [-0.39, 0.29) is 17.6 Å². The molecule has 1 unspecified atom stereocenters. The quantitative estimate of drug-likeness (QED) is 0.613. The molecule has 1 aliphatic rings. The fourth-order valence-corrected chi connectivity index (χ4v) is 3.88. The number of nitrogens with zero attached hydrogens (tertiary/aromatic N) is 1. The number of ether oxygens (including phenoxy) is 1. The second-order valence-corrected chi connectivity index (χ2v) is 7.61. The first kappa shape index (κ1) is 19.5. The van der Waals surface area contributed by atoms with Gasteiger partial charge in [-0.2, -0.15) is 0 Å². The van der Waals surface area contributed by atoms with E-state index in [4.69, 9.17) is 17.0 Å². The number of rotatable bonds is 6. The molecule has 1 atom stereocenters. The molecular weight excluding hydrogens is 386 g/mol. The Morgan fingerprint density at radius 2 is 2.07 bits per heavy atom. The summed E-state index contributed by atoms with van der Waals surface area (Å²) in [4.78, 5) is 28.5. The van der Waals surface area contributed by atoms with Gasteiger partial charge >= 0.3 is 0 Å². The zero-order valence-electron chi connectivity index (χ0n) is 16.0. The number of aromatic nitrogens is 2. The first-order valence-electron chi connectivity index (χ1n) is 9.82. The van der Waals surface area contributed by atoms with Gasteiger partial charge in [0.1, 0.15) is 0 Å². The number of nitrogens with one attached hydrogen (secondary N) is 2. The Kier molecular flexibility index (Phi) is 5.87. The van der Waals surface area contributed by atoms with Gasteiger partial charge in [0, 0.05) is 25.3 Å². The number of amides is 1. The topological polar surface area (TPSA) is 76.1 Å². The zero-order valence-corrected chi connectivity index (χ0v) is 16.8. The second kappa shape index (κ2) is 8.71. The van der Waals surface area contributed by atoms with Crippen molar-refractivity contribution in [2.45, 2.75) is 31.9 Å². The van der Waals surface area contributed by atoms with E-state index in [0.717, 1.165) is 25.0 Å². The Morgan fingerprint density at radius 3 is 2.83 bits per heavy atom. The largest absolute Gasteiger partial charge is 0.376 e. The van der Waals surface area contributed by atoms with Crippen molar-refractivity contribution in [3.05, 3.63) is 74.8 Å². The average Bonchev–Trinajstić information content (AvgIpc) is 3.26. The Balaban J connectivity index is 1.54. The highest BCUT2D eigenvalue weighted by molar-refractivity contribution is 7.71. The maximum Gasteiger partial charge on any atom is 0.262 e. The van der Waals surface area contributed by atoms with E-state index >= 15 is 0 Å². The van der Waals surface area contributed by atoms with Gasteiger partial charge < -0.3 is 15.0 Å². The van der Waals surface area contributed by atoms with Gasteiger partial charge in [-0.15, -0.1) is 0 Å². The molecule has 0 saturated carbocycles. The van der Waals surface area contributed by atoms with Crippen molar-refractivity contribution in [3.63, 3.8) is 0 Å². The van der Waals surface area contributed by atoms with Crippen LogP contribution in [0.5, 0.6) is 0 Å². The normalized spacial score (nSPS) is 16.2. The van der Waals surface area contributed by atoms with Crippen LogP contribution in [0.3, 0.4) is 0 Å². The van der Waals surface area contributed by atoms with Crippen LogP contribution < -0.4 is 10.9 Å². The number of fused-ring (bicyclic) bond motifs is 1. The molecule has 6 nitrogen and oxygen atoms in total. The zero-order chi connectivity index (χ0) is 20.2. The molecule has 7 heteroatoms. The highest BCUT2D eigenvalue weighted by Crippen LogP contribution is 2.13. The van der Waals surface area contributed by atoms with Crippen LogP contribution in [-0.2, 0) is 17.7 Å². The van der Waals surface area contributed by atoms with E-state index in [1.165, 1.54) is 0 Å². The Morgan fingerprint density at radius 1 is 1.24 bits per heavy atom. The highest BCUT2D eigenvalue weighted by atomic mass is 32.1. The second-order valence-electron chi connectivity index (χ2n) is 7.23. The third kappa shape index (κ3) is 4.46. The van der Waals surface area contributed by atoms with E-state index < -0.39 is 0 Å². The SMILES string of the molecule is O=C(NCC1CCCO1)c1ccc2c(=O)n(CCc3ccccc3)c(=S)[nH]c2c1. The minimum Gasteiger partial charge on any atom is -0.376 e. The summed E-state index contributed by atoms with van der Waals surface area (Å²) in [6.07, 6.45) is 2.80. The first-order chi connectivity index (χ1) is 14.1. The van der Waals surface area contributed by atoms with Crippen LogP contribution in [0, 0.1) is 4.77 Å². The lowest BCUT2D eigenvalue weighted by molar-refractivity contribution is 0.0858. The van der Waals surface area contributed by atoms with Crippen molar-refractivity contribution in [1.29, 1.82) is 0 Å². The van der Waals surface area contributed by atoms with Crippen molar-refractivity contribution in [3.8, 4) is 0 Å². The minimum atomic E-state index is -0.185. The Hall–Kier alpha value is -2.77. The first-order valence-corrected chi connectivity index (χ1v) is 10.2. The summed E-state index contributed by atoms with van der Waals surface area (Å²) in [6, 6.07) is 15.0. The molecule has 1 saturated heterocycles. The van der Waals surface area contributed by atoms with E-state index in [0.29, 0.717) is 40.7 Å². The van der Waals surface area contributed by atoms with Crippen molar-refractivity contribution < 1.29 is 9.53 Å². The number of carbonyl (C=O) groups is 1. The van der Waals surface area contributed by atoms with Gasteiger partial charge in [0.05, 0.1) is 17.0 Å². The molecule has 2 heterocycles. The summed E-state index contributed by atoms with van der Waals surface area (Å²) in [5.41, 5.74) is 2.06. The molecule has 150 valence electrons. The van der Waals surface area contributed by atoms with Crippen molar-refractivity contribution in [2.75, 3.05) is 13.2 Å². The summed E-state index contributed by atoms with van der Waals surface area (Å²) in [5, 5.41) is 3.41. The van der Waals surface area contributed by atoms with Crippen LogP contribution in [0.2, 0.25) is 0 Å². The van der Waals surface area contributed by atoms with Crippen LogP contribution in [0.25, 0.3) is 10.9 Å². The predicted molar refractivity (Wildman–Crippen MR) is 115 cm³/mol. The minimum absolute atomic E-state index is 0.0852. The molecule has 0 radical (unpaired) electrons. The molecule has 4 rings (SSSR count). The summed E-state index contributed by atoms with van der Waals surface area (Å²) in [5.74, 6) is -0.185. The van der Waals surface area contributed by atoms with Gasteiger partial charge in [-0.25, -0.2) is 0 Å². The predicted octanol–water partition coefficient (Wildman–Crippen LogP) is 3.21. The number of aryl methyl sites for hydroxylation is 1. The molecule has 29 heavy (non-hydrogen) atoms. The van der Waals surface area contributed by atoms with E-state index in [2.05, 4.69) is 10.3 Å². The monoisotopic (exact) mass is 409 g/mol. The van der Waals surface area contributed by atoms with E-state index in [1.54, 1.807) is 22.8 Å². The van der Waals surface area contributed by atoms with Gasteiger partial charge in [-0.3, -0.25) is 14.2 Å². The third-order valence-electron chi connectivity index (χ3n) is 5.23. The van der Waals surface area contributed by atoms with Crippen LogP contribution in [0.1, 0.15) is 28.8 Å². The van der Waals surface area contributed by atoms with Gasteiger partial charge in [-0.05, 0) is 55.2 Å². The molecule has 1 fully saturated rings. The molecule has 2 N–H and O–H groups in total. The number of carbonyl (C=O) groups excluding carboxylic acids is 1. The standard InChI is InChI=1S/C22H23N3O3S/c26-20(23-14-17-7-4-12-28-17)16-8-9-18-19(13-16)24-22(29)25(21(18)27)11-10-15-5-2-1-3-6-15/h1-3,5-6,8-9,13,17H,4,7,10-12,14H2,(H,23,26)(H,24,29). The van der Waals surface area contributed by atoms with Crippen LogP contribution >= 0.6 is 12.2 Å². The molecule has 1 aromatic heterocycles. The third-order valence-corrected chi connectivity index (χ3v) is 5.55. The average molecular weight is 410 g/mol. The van der Waals surface area contributed by atoms with Crippen LogP contribution in [0.4, 0.5) is 0 Å². The summed E-state index contributed by atoms with van der Waals surface area (Å²) < 4.78 is 7.46. The van der Waals surface area contributed by atoms with Crippen LogP contribution in [0.15, 0.2) is 53.3 Å². The maximum absolute atomic E-state index is 12.9. The number of hydrogen-bond donors (Lipinski definition) is 2. The fourth-order valence-electron chi connectivity index (χ4n) is 3.60. The maximum atomic E-state index is 12.9. The molecule has 0 aliphatic carbocycles. The van der Waals surface area contributed by atoms with E-state index in [1.807, 2.05) is 30.3 Å². The fraction of sp³-hybridized carbons (Fsp3) is 0.318. The van der Waals surface area contributed by atoms with Crippen molar-refractivity contribution >= 4 is 29.0 Å². The Labute approximate surface area is 173 Å². The number of H-pyrrole nitrogens is 1. The lowest BCUT2D eigenvalue weighted by Gasteiger charge is -2.12. The molecule has 1 aliphatic heterocycles. The van der Waals surface area contributed by atoms with Gasteiger partial charge in [0.25, 0.3) is 11.5 Å². The molecule has 1 amide bonds. The Bertz CT molecular complexity index is 1130. The lowest BCUT2D eigenvalue weighted by atomic mass is 10.1. The number of hydrogen-bond acceptors (Lipinski definition) is 4. The summed E-state index contributed by atoms with van der Waals surface area (Å²) >= 11 is 5.41.